The largest absolute Gasteiger partial charge is 0.375 e. The lowest BCUT2D eigenvalue weighted by atomic mass is 9.84. The minimum Gasteiger partial charge on any atom is -0.375 e. The van der Waals surface area contributed by atoms with Gasteiger partial charge in [0.1, 0.15) is 0 Å². The Morgan fingerprint density at radius 2 is 1.85 bits per heavy atom. The van der Waals surface area contributed by atoms with Crippen LogP contribution in [0, 0.1) is 0 Å². The molecule has 2 fully saturated rings. The zero-order valence-corrected chi connectivity index (χ0v) is 12.0. The van der Waals surface area contributed by atoms with Crippen molar-refractivity contribution < 1.29 is 9.53 Å². The van der Waals surface area contributed by atoms with Gasteiger partial charge in [0.25, 0.3) is 0 Å². The number of rotatable bonds is 2. The summed E-state index contributed by atoms with van der Waals surface area (Å²) in [6.45, 7) is 2.61. The van der Waals surface area contributed by atoms with Crippen molar-refractivity contribution in [1.82, 2.24) is 4.90 Å². The molecule has 3 nitrogen and oxygen atoms in total. The minimum absolute atomic E-state index is 0.0851. The van der Waals surface area contributed by atoms with Crippen molar-refractivity contribution in [2.45, 2.75) is 44.1 Å². The Morgan fingerprint density at radius 3 is 2.50 bits per heavy atom. The van der Waals surface area contributed by atoms with E-state index >= 15 is 0 Å². The van der Waals surface area contributed by atoms with E-state index in [9.17, 15) is 4.79 Å². The van der Waals surface area contributed by atoms with Crippen LogP contribution in [-0.4, -0.2) is 36.1 Å². The maximum Gasteiger partial charge on any atom is 0.226 e. The van der Waals surface area contributed by atoms with Gasteiger partial charge in [-0.25, -0.2) is 0 Å². The predicted molar refractivity (Wildman–Crippen MR) is 78.5 cm³/mol. The first kappa shape index (κ1) is 13.6. The van der Waals surface area contributed by atoms with Gasteiger partial charge in [-0.3, -0.25) is 4.79 Å². The van der Waals surface area contributed by atoms with Crippen LogP contribution in [0.25, 0.3) is 0 Å². The van der Waals surface area contributed by atoms with Crippen molar-refractivity contribution in [2.75, 3.05) is 19.7 Å². The third-order valence-corrected chi connectivity index (χ3v) is 4.66. The van der Waals surface area contributed by atoms with Crippen molar-refractivity contribution in [1.29, 1.82) is 0 Å². The average molecular weight is 273 g/mol. The molecule has 2 saturated heterocycles. The number of hydrogen-bond acceptors (Lipinski definition) is 2. The van der Waals surface area contributed by atoms with Gasteiger partial charge in [0.2, 0.25) is 5.91 Å². The average Bonchev–Trinajstić information content (AvgIpc) is 2.50. The van der Waals surface area contributed by atoms with Crippen LogP contribution in [-0.2, 0) is 16.0 Å². The lowest BCUT2D eigenvalue weighted by Crippen LogP contribution is -2.49. The number of hydrogen-bond donors (Lipinski definition) is 0. The van der Waals surface area contributed by atoms with Crippen molar-refractivity contribution in [3.8, 4) is 0 Å². The van der Waals surface area contributed by atoms with E-state index in [4.69, 9.17) is 4.74 Å². The summed E-state index contributed by atoms with van der Waals surface area (Å²) in [4.78, 5) is 14.3. The topological polar surface area (TPSA) is 29.5 Å². The third kappa shape index (κ3) is 3.04. The number of nitrogens with zero attached hydrogens (tertiary/aromatic N) is 1. The van der Waals surface area contributed by atoms with Gasteiger partial charge in [-0.1, -0.05) is 30.3 Å². The van der Waals surface area contributed by atoms with Crippen LogP contribution in [0.15, 0.2) is 30.3 Å². The van der Waals surface area contributed by atoms with E-state index in [1.165, 1.54) is 19.3 Å². The molecular formula is C17H23NO2. The van der Waals surface area contributed by atoms with Gasteiger partial charge >= 0.3 is 0 Å². The summed E-state index contributed by atoms with van der Waals surface area (Å²) in [5, 5.41) is 0. The van der Waals surface area contributed by atoms with Gasteiger partial charge in [-0.05, 0) is 37.7 Å². The number of ether oxygens (including phenoxy) is 1. The molecule has 2 aliphatic heterocycles. The molecule has 0 unspecified atom stereocenters. The fourth-order valence-corrected chi connectivity index (χ4v) is 3.35. The molecule has 0 aromatic heterocycles. The lowest BCUT2D eigenvalue weighted by molar-refractivity contribution is -0.142. The van der Waals surface area contributed by atoms with Crippen molar-refractivity contribution in [3.63, 3.8) is 0 Å². The number of benzene rings is 1. The van der Waals surface area contributed by atoms with E-state index < -0.39 is 0 Å². The second-order valence-corrected chi connectivity index (χ2v) is 6.03. The highest BCUT2D eigenvalue weighted by atomic mass is 16.5. The SMILES string of the molecule is O=C(Cc1ccccc1)N1CCC2(CCCCO2)CC1. The van der Waals surface area contributed by atoms with E-state index in [1.807, 2.05) is 35.2 Å². The second kappa shape index (κ2) is 5.96. The van der Waals surface area contributed by atoms with Crippen LogP contribution in [0.2, 0.25) is 0 Å². The maximum absolute atomic E-state index is 12.3. The molecule has 1 spiro atoms. The van der Waals surface area contributed by atoms with Crippen molar-refractivity contribution in [3.05, 3.63) is 35.9 Å². The Bertz CT molecular complexity index is 441. The molecule has 108 valence electrons. The molecule has 1 amide bonds. The number of amides is 1. The van der Waals surface area contributed by atoms with Crippen molar-refractivity contribution in [2.24, 2.45) is 0 Å². The first-order chi connectivity index (χ1) is 9.77. The van der Waals surface area contributed by atoms with Gasteiger partial charge < -0.3 is 9.64 Å². The molecule has 2 heterocycles. The molecule has 2 aliphatic rings. The van der Waals surface area contributed by atoms with Gasteiger partial charge in [0.15, 0.2) is 0 Å². The van der Waals surface area contributed by atoms with Crippen LogP contribution in [0.3, 0.4) is 0 Å². The van der Waals surface area contributed by atoms with Gasteiger partial charge in [-0.2, -0.15) is 0 Å². The van der Waals surface area contributed by atoms with E-state index in [0.29, 0.717) is 6.42 Å². The van der Waals surface area contributed by atoms with Gasteiger partial charge in [0, 0.05) is 19.7 Å². The second-order valence-electron chi connectivity index (χ2n) is 6.03. The Morgan fingerprint density at radius 1 is 1.10 bits per heavy atom. The summed E-state index contributed by atoms with van der Waals surface area (Å²) in [6.07, 6.45) is 6.18. The zero-order valence-electron chi connectivity index (χ0n) is 12.0. The number of likely N-dealkylation sites (tertiary alicyclic amines) is 1. The van der Waals surface area contributed by atoms with Crippen LogP contribution in [0.4, 0.5) is 0 Å². The predicted octanol–water partition coefficient (Wildman–Crippen LogP) is 2.79. The van der Waals surface area contributed by atoms with Crippen LogP contribution >= 0.6 is 0 Å². The van der Waals surface area contributed by atoms with E-state index in [-0.39, 0.29) is 11.5 Å². The molecule has 20 heavy (non-hydrogen) atoms. The molecule has 0 bridgehead atoms. The Kier molecular flexibility index (Phi) is 4.06. The number of piperidine rings is 1. The first-order valence-electron chi connectivity index (χ1n) is 7.73. The molecule has 3 rings (SSSR count). The Balaban J connectivity index is 1.54. The standard InChI is InChI=1S/C17H23NO2/c19-16(14-15-6-2-1-3-7-15)18-11-9-17(10-12-18)8-4-5-13-20-17/h1-3,6-7H,4-5,8-14H2. The lowest BCUT2D eigenvalue weighted by Gasteiger charge is -2.44. The maximum atomic E-state index is 12.3. The Labute approximate surface area is 120 Å². The summed E-state index contributed by atoms with van der Waals surface area (Å²) in [6, 6.07) is 10.0. The highest BCUT2D eigenvalue weighted by Crippen LogP contribution is 2.34. The molecule has 1 aromatic rings. The smallest absolute Gasteiger partial charge is 0.226 e. The number of carbonyl (C=O) groups excluding carboxylic acids is 1. The van der Waals surface area contributed by atoms with Crippen LogP contribution in [0.1, 0.15) is 37.7 Å². The molecule has 1 aromatic carbocycles. The summed E-state index contributed by atoms with van der Waals surface area (Å²) in [5.41, 5.74) is 1.19. The summed E-state index contributed by atoms with van der Waals surface area (Å²) in [5.74, 6) is 0.252. The summed E-state index contributed by atoms with van der Waals surface area (Å²) in [7, 11) is 0. The van der Waals surface area contributed by atoms with Crippen LogP contribution in [0.5, 0.6) is 0 Å². The Hall–Kier alpha value is -1.35. The minimum atomic E-state index is 0.0851. The highest BCUT2D eigenvalue weighted by molar-refractivity contribution is 5.78. The fourth-order valence-electron chi connectivity index (χ4n) is 3.35. The quantitative estimate of drug-likeness (QED) is 0.829. The molecule has 0 aliphatic carbocycles. The van der Waals surface area contributed by atoms with Gasteiger partial charge in [-0.15, -0.1) is 0 Å². The normalized spacial score (nSPS) is 21.9. The molecule has 0 N–H and O–H groups in total. The summed E-state index contributed by atoms with van der Waals surface area (Å²) >= 11 is 0. The highest BCUT2D eigenvalue weighted by Gasteiger charge is 2.37. The van der Waals surface area contributed by atoms with E-state index in [0.717, 1.165) is 38.1 Å². The monoisotopic (exact) mass is 273 g/mol. The van der Waals surface area contributed by atoms with E-state index in [2.05, 4.69) is 0 Å². The fraction of sp³-hybridized carbons (Fsp3) is 0.588. The molecule has 0 saturated carbocycles. The van der Waals surface area contributed by atoms with Crippen molar-refractivity contribution >= 4 is 5.91 Å². The first-order valence-corrected chi connectivity index (χ1v) is 7.73. The van der Waals surface area contributed by atoms with E-state index in [1.54, 1.807) is 0 Å². The summed E-state index contributed by atoms with van der Waals surface area (Å²) < 4.78 is 6.01. The molecule has 3 heteroatoms. The third-order valence-electron chi connectivity index (χ3n) is 4.66. The molecule has 0 atom stereocenters. The number of carbonyl (C=O) groups is 1. The van der Waals surface area contributed by atoms with Crippen LogP contribution < -0.4 is 0 Å². The molecule has 0 radical (unpaired) electrons. The molecular weight excluding hydrogens is 250 g/mol. The van der Waals surface area contributed by atoms with Gasteiger partial charge in [0.05, 0.1) is 12.0 Å². The zero-order chi connectivity index (χ0) is 13.8.